The van der Waals surface area contributed by atoms with Crippen molar-refractivity contribution in [2.75, 3.05) is 6.61 Å². The molecule has 1 fully saturated rings. The highest BCUT2D eigenvalue weighted by atomic mass is 35.5. The van der Waals surface area contributed by atoms with Crippen LogP contribution < -0.4 is 5.32 Å². The molecule has 1 saturated heterocycles. The SMILES string of the molecule is Cc1ccc([C@@H]2NC(=O)OCC2(F)F)cc1[N+](=O)[O-].Cl. The molecular formula is C11H11ClF2N2O4. The molecule has 1 aromatic carbocycles. The summed E-state index contributed by atoms with van der Waals surface area (Å²) in [7, 11) is 0. The van der Waals surface area contributed by atoms with Gasteiger partial charge in [0.15, 0.2) is 6.61 Å². The third-order valence-corrected chi connectivity index (χ3v) is 2.84. The molecule has 1 N–H and O–H groups in total. The zero-order valence-corrected chi connectivity index (χ0v) is 11.1. The van der Waals surface area contributed by atoms with Crippen LogP contribution in [0.15, 0.2) is 18.2 Å². The molecular weight excluding hydrogens is 298 g/mol. The van der Waals surface area contributed by atoms with Crippen molar-refractivity contribution in [2.24, 2.45) is 0 Å². The lowest BCUT2D eigenvalue weighted by Crippen LogP contribution is -2.49. The number of nitro groups is 1. The molecule has 1 aromatic rings. The number of alkyl carbamates (subject to hydrolysis) is 1. The number of nitrogens with one attached hydrogen (secondary N) is 1. The van der Waals surface area contributed by atoms with Crippen LogP contribution in [0.5, 0.6) is 0 Å². The fraction of sp³-hybridized carbons (Fsp3) is 0.364. The van der Waals surface area contributed by atoms with Crippen molar-refractivity contribution < 1.29 is 23.2 Å². The predicted molar refractivity (Wildman–Crippen MR) is 67.3 cm³/mol. The maximum Gasteiger partial charge on any atom is 0.408 e. The Labute approximate surface area is 118 Å². The molecule has 1 aliphatic heterocycles. The maximum atomic E-state index is 13.7. The Bertz CT molecular complexity index is 553. The Morgan fingerprint density at radius 2 is 2.15 bits per heavy atom. The van der Waals surface area contributed by atoms with Gasteiger partial charge in [0.1, 0.15) is 6.04 Å². The van der Waals surface area contributed by atoms with Crippen molar-refractivity contribution in [3.63, 3.8) is 0 Å². The number of benzene rings is 1. The number of nitrogens with zero attached hydrogens (tertiary/aromatic N) is 1. The van der Waals surface area contributed by atoms with E-state index in [1.54, 1.807) is 0 Å². The second-order valence-corrected chi connectivity index (χ2v) is 4.22. The molecule has 0 saturated carbocycles. The predicted octanol–water partition coefficient (Wildman–Crippen LogP) is 2.74. The summed E-state index contributed by atoms with van der Waals surface area (Å²) in [6, 6.07) is 2.10. The molecule has 6 nitrogen and oxygen atoms in total. The van der Waals surface area contributed by atoms with Gasteiger partial charge in [-0.15, -0.1) is 12.4 Å². The van der Waals surface area contributed by atoms with Gasteiger partial charge >= 0.3 is 12.0 Å². The van der Waals surface area contributed by atoms with Crippen molar-refractivity contribution >= 4 is 24.2 Å². The number of nitro benzene ring substituents is 1. The Hall–Kier alpha value is -1.96. The number of cyclic esters (lactones) is 1. The standard InChI is InChI=1S/C11H10F2N2O4.ClH/c1-6-2-3-7(4-8(6)15(17)18)9-11(12,13)5-19-10(16)14-9;/h2-4,9H,5H2,1H3,(H,14,16);1H/t9-;/m0./s1. The lowest BCUT2D eigenvalue weighted by molar-refractivity contribution is -0.385. The van der Waals surface area contributed by atoms with Gasteiger partial charge in [-0.3, -0.25) is 10.1 Å². The minimum absolute atomic E-state index is 0. The molecule has 9 heteroatoms. The van der Waals surface area contributed by atoms with Crippen LogP contribution in [0.3, 0.4) is 0 Å². The third-order valence-electron chi connectivity index (χ3n) is 2.84. The molecule has 0 unspecified atom stereocenters. The van der Waals surface area contributed by atoms with E-state index < -0.39 is 29.6 Å². The van der Waals surface area contributed by atoms with E-state index in [1.165, 1.54) is 19.1 Å². The van der Waals surface area contributed by atoms with Gasteiger partial charge in [-0.2, -0.15) is 0 Å². The molecule has 0 spiro atoms. The van der Waals surface area contributed by atoms with E-state index in [2.05, 4.69) is 4.74 Å². The first-order chi connectivity index (χ1) is 8.81. The van der Waals surface area contributed by atoms with E-state index in [1.807, 2.05) is 5.32 Å². The first-order valence-corrected chi connectivity index (χ1v) is 5.37. The van der Waals surface area contributed by atoms with E-state index in [-0.39, 0.29) is 23.7 Å². The molecule has 1 amide bonds. The van der Waals surface area contributed by atoms with Gasteiger partial charge in [0.25, 0.3) is 5.69 Å². The third kappa shape index (κ3) is 2.96. The van der Waals surface area contributed by atoms with E-state index in [0.29, 0.717) is 5.56 Å². The molecule has 110 valence electrons. The van der Waals surface area contributed by atoms with E-state index in [4.69, 9.17) is 0 Å². The molecule has 0 aromatic heterocycles. The Balaban J connectivity index is 0.00000200. The first-order valence-electron chi connectivity index (χ1n) is 5.37. The van der Waals surface area contributed by atoms with Gasteiger partial charge in [0, 0.05) is 11.6 Å². The summed E-state index contributed by atoms with van der Waals surface area (Å²) < 4.78 is 31.5. The molecule has 1 atom stereocenters. The van der Waals surface area contributed by atoms with Gasteiger partial charge in [-0.1, -0.05) is 12.1 Å². The van der Waals surface area contributed by atoms with Crippen LogP contribution in [0.1, 0.15) is 17.2 Å². The molecule has 2 rings (SSSR count). The number of ether oxygens (including phenoxy) is 1. The largest absolute Gasteiger partial charge is 0.443 e. The minimum Gasteiger partial charge on any atom is -0.443 e. The van der Waals surface area contributed by atoms with Gasteiger partial charge in [0.05, 0.1) is 4.92 Å². The Kier molecular flexibility index (Phi) is 4.49. The highest BCUT2D eigenvalue weighted by Gasteiger charge is 2.47. The van der Waals surface area contributed by atoms with Gasteiger partial charge in [-0.05, 0) is 12.5 Å². The second-order valence-electron chi connectivity index (χ2n) is 4.22. The Morgan fingerprint density at radius 1 is 1.50 bits per heavy atom. The van der Waals surface area contributed by atoms with Gasteiger partial charge in [-0.25, -0.2) is 13.6 Å². The number of aryl methyl sites for hydroxylation is 1. The highest BCUT2D eigenvalue weighted by molar-refractivity contribution is 5.85. The van der Waals surface area contributed by atoms with Crippen LogP contribution in [0.4, 0.5) is 19.3 Å². The summed E-state index contributed by atoms with van der Waals surface area (Å²) >= 11 is 0. The fourth-order valence-electron chi connectivity index (χ4n) is 1.84. The summed E-state index contributed by atoms with van der Waals surface area (Å²) in [5.74, 6) is -3.32. The van der Waals surface area contributed by atoms with Crippen molar-refractivity contribution in [3.8, 4) is 0 Å². The van der Waals surface area contributed by atoms with Crippen LogP contribution in [-0.4, -0.2) is 23.5 Å². The second kappa shape index (κ2) is 5.58. The number of hydrogen-bond donors (Lipinski definition) is 1. The number of carbonyl (C=O) groups excluding carboxylic acids is 1. The number of halogens is 3. The zero-order chi connectivity index (χ0) is 14.2. The van der Waals surface area contributed by atoms with Gasteiger partial charge < -0.3 is 10.1 Å². The Morgan fingerprint density at radius 3 is 2.75 bits per heavy atom. The maximum absolute atomic E-state index is 13.7. The van der Waals surface area contributed by atoms with E-state index in [9.17, 15) is 23.7 Å². The minimum atomic E-state index is -3.32. The summed E-state index contributed by atoms with van der Waals surface area (Å²) in [6.45, 7) is 0.452. The van der Waals surface area contributed by atoms with Gasteiger partial charge in [0.2, 0.25) is 0 Å². The fourth-order valence-corrected chi connectivity index (χ4v) is 1.84. The lowest BCUT2D eigenvalue weighted by atomic mass is 9.98. The van der Waals surface area contributed by atoms with Crippen molar-refractivity contribution in [1.82, 2.24) is 5.32 Å². The highest BCUT2D eigenvalue weighted by Crippen LogP contribution is 2.36. The van der Waals surface area contributed by atoms with Crippen molar-refractivity contribution in [3.05, 3.63) is 39.4 Å². The average molecular weight is 309 g/mol. The number of carbonyl (C=O) groups is 1. The van der Waals surface area contributed by atoms with Crippen molar-refractivity contribution in [1.29, 1.82) is 0 Å². The summed E-state index contributed by atoms with van der Waals surface area (Å²) in [5, 5.41) is 12.8. The lowest BCUT2D eigenvalue weighted by Gasteiger charge is -2.31. The number of alkyl halides is 2. The number of amides is 1. The number of rotatable bonds is 2. The summed E-state index contributed by atoms with van der Waals surface area (Å²) in [5.41, 5.74) is 0.0587. The molecule has 0 aliphatic carbocycles. The van der Waals surface area contributed by atoms with E-state index in [0.717, 1.165) is 6.07 Å². The van der Waals surface area contributed by atoms with Crippen LogP contribution in [-0.2, 0) is 4.74 Å². The van der Waals surface area contributed by atoms with Crippen LogP contribution in [0.2, 0.25) is 0 Å². The zero-order valence-electron chi connectivity index (χ0n) is 10.3. The number of hydrogen-bond acceptors (Lipinski definition) is 4. The smallest absolute Gasteiger partial charge is 0.408 e. The normalized spacial score (nSPS) is 20.4. The van der Waals surface area contributed by atoms with Crippen LogP contribution >= 0.6 is 12.4 Å². The summed E-state index contributed by atoms with van der Waals surface area (Å²) in [4.78, 5) is 21.2. The topological polar surface area (TPSA) is 81.5 Å². The van der Waals surface area contributed by atoms with E-state index >= 15 is 0 Å². The first kappa shape index (κ1) is 16.1. The molecule has 1 aliphatic rings. The summed E-state index contributed by atoms with van der Waals surface area (Å²) in [6.07, 6.45) is -0.973. The molecule has 0 bridgehead atoms. The molecule has 1 heterocycles. The molecule has 0 radical (unpaired) electrons. The molecule has 20 heavy (non-hydrogen) atoms. The average Bonchev–Trinajstić information content (AvgIpc) is 2.33. The van der Waals surface area contributed by atoms with Crippen LogP contribution in [0, 0.1) is 17.0 Å². The quantitative estimate of drug-likeness (QED) is 0.673. The van der Waals surface area contributed by atoms with Crippen molar-refractivity contribution in [2.45, 2.75) is 18.9 Å². The van der Waals surface area contributed by atoms with Crippen LogP contribution in [0.25, 0.3) is 0 Å². The monoisotopic (exact) mass is 308 g/mol.